The van der Waals surface area contributed by atoms with Crippen molar-refractivity contribution >= 4 is 29.3 Å². The Morgan fingerprint density at radius 2 is 1.95 bits per heavy atom. The molecule has 0 unspecified atom stereocenters. The van der Waals surface area contributed by atoms with E-state index in [4.69, 9.17) is 12.2 Å². The van der Waals surface area contributed by atoms with Crippen LogP contribution < -0.4 is 5.32 Å². The Bertz CT molecular complexity index is 532. The van der Waals surface area contributed by atoms with Crippen LogP contribution in [0, 0.1) is 12.8 Å². The number of thiocarbonyl (C=S) groups is 1. The van der Waals surface area contributed by atoms with Crippen molar-refractivity contribution in [2.75, 3.05) is 6.54 Å². The van der Waals surface area contributed by atoms with Gasteiger partial charge >= 0.3 is 0 Å². The van der Waals surface area contributed by atoms with Gasteiger partial charge in [0.1, 0.15) is 5.70 Å². The molecule has 1 heterocycles. The fourth-order valence-corrected chi connectivity index (χ4v) is 2.20. The topological polar surface area (TPSA) is 32.3 Å². The average Bonchev–Trinajstić information content (AvgIpc) is 2.60. The van der Waals surface area contributed by atoms with Gasteiger partial charge in [0, 0.05) is 6.54 Å². The normalized spacial score (nSPS) is 17.5. The van der Waals surface area contributed by atoms with Gasteiger partial charge in [-0.1, -0.05) is 43.7 Å². The van der Waals surface area contributed by atoms with E-state index in [1.807, 2.05) is 37.3 Å². The van der Waals surface area contributed by atoms with Crippen molar-refractivity contribution in [3.05, 3.63) is 41.1 Å². The number of rotatable bonds is 3. The van der Waals surface area contributed by atoms with Crippen LogP contribution in [-0.4, -0.2) is 22.5 Å². The molecule has 1 aliphatic rings. The first kappa shape index (κ1) is 13.7. The van der Waals surface area contributed by atoms with Gasteiger partial charge < -0.3 is 5.32 Å². The molecular formula is C15H18N2OS. The molecule has 0 aliphatic carbocycles. The highest BCUT2D eigenvalue weighted by atomic mass is 32.1. The van der Waals surface area contributed by atoms with Crippen molar-refractivity contribution in [2.24, 2.45) is 5.92 Å². The third-order valence-corrected chi connectivity index (χ3v) is 3.22. The first-order valence-corrected chi connectivity index (χ1v) is 6.79. The number of nitrogens with zero attached hydrogens (tertiary/aromatic N) is 1. The predicted octanol–water partition coefficient (Wildman–Crippen LogP) is 2.71. The van der Waals surface area contributed by atoms with E-state index in [2.05, 4.69) is 19.2 Å². The minimum atomic E-state index is -0.0423. The van der Waals surface area contributed by atoms with E-state index in [1.54, 1.807) is 4.90 Å². The SMILES string of the molecule is Cc1ccc(/C=C2/NC(=S)N(CC(C)C)C2=O)cc1. The zero-order valence-corrected chi connectivity index (χ0v) is 12.3. The Morgan fingerprint density at radius 1 is 1.32 bits per heavy atom. The Kier molecular flexibility index (Phi) is 4.00. The number of carbonyl (C=O) groups excluding carboxylic acids is 1. The van der Waals surface area contributed by atoms with Crippen molar-refractivity contribution in [2.45, 2.75) is 20.8 Å². The molecule has 0 aromatic heterocycles. The van der Waals surface area contributed by atoms with Crippen molar-refractivity contribution in [3.63, 3.8) is 0 Å². The number of hydrogen-bond acceptors (Lipinski definition) is 2. The third kappa shape index (κ3) is 3.20. The van der Waals surface area contributed by atoms with E-state index >= 15 is 0 Å². The van der Waals surface area contributed by atoms with Gasteiger partial charge in [-0.3, -0.25) is 9.69 Å². The van der Waals surface area contributed by atoms with Crippen LogP contribution in [0.1, 0.15) is 25.0 Å². The summed E-state index contributed by atoms with van der Waals surface area (Å²) in [5.41, 5.74) is 2.75. The summed E-state index contributed by atoms with van der Waals surface area (Å²) in [6, 6.07) is 8.03. The molecule has 1 aromatic carbocycles. The van der Waals surface area contributed by atoms with Crippen molar-refractivity contribution in [1.82, 2.24) is 10.2 Å². The van der Waals surface area contributed by atoms with Gasteiger partial charge in [0.25, 0.3) is 5.91 Å². The van der Waals surface area contributed by atoms with Crippen LogP contribution in [0.5, 0.6) is 0 Å². The zero-order chi connectivity index (χ0) is 14.0. The molecule has 2 rings (SSSR count). The minimum absolute atomic E-state index is 0.0423. The van der Waals surface area contributed by atoms with Crippen LogP contribution in [0.2, 0.25) is 0 Å². The summed E-state index contributed by atoms with van der Waals surface area (Å²) < 4.78 is 0. The minimum Gasteiger partial charge on any atom is -0.328 e. The molecule has 0 spiro atoms. The molecule has 100 valence electrons. The van der Waals surface area contributed by atoms with E-state index in [9.17, 15) is 4.79 Å². The summed E-state index contributed by atoms with van der Waals surface area (Å²) in [6.07, 6.45) is 1.84. The number of amides is 1. The second-order valence-corrected chi connectivity index (χ2v) is 5.60. The summed E-state index contributed by atoms with van der Waals surface area (Å²) >= 11 is 5.20. The molecule has 0 saturated carbocycles. The van der Waals surface area contributed by atoms with Gasteiger partial charge in [-0.25, -0.2) is 0 Å². The van der Waals surface area contributed by atoms with Crippen molar-refractivity contribution < 1.29 is 4.79 Å². The quantitative estimate of drug-likeness (QED) is 0.679. The van der Waals surface area contributed by atoms with Crippen LogP contribution in [0.4, 0.5) is 0 Å². The van der Waals surface area contributed by atoms with Gasteiger partial charge in [0.2, 0.25) is 0 Å². The fourth-order valence-electron chi connectivity index (χ4n) is 1.93. The first-order valence-electron chi connectivity index (χ1n) is 6.38. The van der Waals surface area contributed by atoms with E-state index in [0.29, 0.717) is 23.3 Å². The maximum atomic E-state index is 12.2. The molecule has 1 N–H and O–H groups in total. The lowest BCUT2D eigenvalue weighted by Crippen LogP contribution is -2.33. The highest BCUT2D eigenvalue weighted by Gasteiger charge is 2.30. The summed E-state index contributed by atoms with van der Waals surface area (Å²) in [4.78, 5) is 13.9. The van der Waals surface area contributed by atoms with Crippen LogP contribution in [-0.2, 0) is 4.79 Å². The summed E-state index contributed by atoms with van der Waals surface area (Å²) in [6.45, 7) is 6.82. The Morgan fingerprint density at radius 3 is 2.53 bits per heavy atom. The summed E-state index contributed by atoms with van der Waals surface area (Å²) in [7, 11) is 0. The van der Waals surface area contributed by atoms with Gasteiger partial charge in [0.05, 0.1) is 0 Å². The van der Waals surface area contributed by atoms with E-state index in [-0.39, 0.29) is 5.91 Å². The van der Waals surface area contributed by atoms with E-state index in [1.165, 1.54) is 5.56 Å². The lowest BCUT2D eigenvalue weighted by atomic mass is 10.1. The molecule has 1 aromatic rings. The van der Waals surface area contributed by atoms with Crippen LogP contribution in [0.25, 0.3) is 6.08 Å². The standard InChI is InChI=1S/C15H18N2OS/c1-10(2)9-17-14(18)13(16-15(17)19)8-12-6-4-11(3)5-7-12/h4-8,10H,9H2,1-3H3,(H,16,19)/b13-8+. The largest absolute Gasteiger partial charge is 0.328 e. The van der Waals surface area contributed by atoms with E-state index in [0.717, 1.165) is 5.56 Å². The lowest BCUT2D eigenvalue weighted by Gasteiger charge is -2.15. The van der Waals surface area contributed by atoms with Crippen LogP contribution in [0.3, 0.4) is 0 Å². The van der Waals surface area contributed by atoms with Crippen molar-refractivity contribution in [3.8, 4) is 0 Å². The highest BCUT2D eigenvalue weighted by Crippen LogP contribution is 2.16. The maximum Gasteiger partial charge on any atom is 0.276 e. The van der Waals surface area contributed by atoms with E-state index < -0.39 is 0 Å². The smallest absolute Gasteiger partial charge is 0.276 e. The molecule has 3 nitrogen and oxygen atoms in total. The Balaban J connectivity index is 2.20. The number of nitrogens with one attached hydrogen (secondary N) is 1. The van der Waals surface area contributed by atoms with Crippen LogP contribution >= 0.6 is 12.2 Å². The summed E-state index contributed by atoms with van der Waals surface area (Å²) in [5, 5.41) is 3.49. The molecule has 19 heavy (non-hydrogen) atoms. The Labute approximate surface area is 119 Å². The Hall–Kier alpha value is -1.68. The highest BCUT2D eigenvalue weighted by molar-refractivity contribution is 7.80. The zero-order valence-electron chi connectivity index (χ0n) is 11.4. The van der Waals surface area contributed by atoms with Crippen molar-refractivity contribution in [1.29, 1.82) is 0 Å². The molecule has 1 fully saturated rings. The average molecular weight is 274 g/mol. The van der Waals surface area contributed by atoms with Gasteiger partial charge in [-0.2, -0.15) is 0 Å². The fraction of sp³-hybridized carbons (Fsp3) is 0.333. The number of hydrogen-bond donors (Lipinski definition) is 1. The number of benzene rings is 1. The summed E-state index contributed by atoms with van der Waals surface area (Å²) in [5.74, 6) is 0.349. The molecular weight excluding hydrogens is 256 g/mol. The molecule has 0 radical (unpaired) electrons. The predicted molar refractivity (Wildman–Crippen MR) is 81.4 cm³/mol. The first-order chi connectivity index (χ1) is 8.97. The van der Waals surface area contributed by atoms with Gasteiger partial charge in [-0.05, 0) is 36.7 Å². The van der Waals surface area contributed by atoms with Crippen LogP contribution in [0.15, 0.2) is 30.0 Å². The third-order valence-electron chi connectivity index (χ3n) is 2.90. The maximum absolute atomic E-state index is 12.2. The molecule has 4 heteroatoms. The monoisotopic (exact) mass is 274 g/mol. The molecule has 1 saturated heterocycles. The van der Waals surface area contributed by atoms with Gasteiger partial charge in [-0.15, -0.1) is 0 Å². The molecule has 1 aliphatic heterocycles. The number of aryl methyl sites for hydroxylation is 1. The molecule has 1 amide bonds. The number of carbonyl (C=O) groups is 1. The van der Waals surface area contributed by atoms with Gasteiger partial charge in [0.15, 0.2) is 5.11 Å². The molecule has 0 bridgehead atoms. The molecule has 0 atom stereocenters. The lowest BCUT2D eigenvalue weighted by molar-refractivity contribution is -0.122. The second-order valence-electron chi connectivity index (χ2n) is 5.21. The second kappa shape index (κ2) is 5.53.